The van der Waals surface area contributed by atoms with Crippen LogP contribution in [0.5, 0.6) is 0 Å². The number of non-ortho nitro benzene ring substituents is 1. The van der Waals surface area contributed by atoms with Crippen molar-refractivity contribution in [3.63, 3.8) is 0 Å². The van der Waals surface area contributed by atoms with Crippen molar-refractivity contribution in [1.82, 2.24) is 9.59 Å². The molecule has 1 aromatic heterocycles. The minimum Gasteiger partial charge on any atom is -0.458 e. The molecule has 3 rings (SSSR count). The highest BCUT2D eigenvalue weighted by atomic mass is 32.1. The van der Waals surface area contributed by atoms with Crippen LogP contribution in [0.25, 0.3) is 10.2 Å². The van der Waals surface area contributed by atoms with Crippen LogP contribution in [-0.2, 0) is 9.47 Å². The van der Waals surface area contributed by atoms with Gasteiger partial charge in [-0.1, -0.05) is 10.6 Å². The molecule has 0 aliphatic heterocycles. The molecular weight excluding hydrogens is 362 g/mol. The van der Waals surface area contributed by atoms with Gasteiger partial charge in [-0.25, -0.2) is 9.59 Å². The summed E-state index contributed by atoms with van der Waals surface area (Å²) < 4.78 is 14.5. The summed E-state index contributed by atoms with van der Waals surface area (Å²) in [5, 5.41) is 14.5. The average molecular weight is 373 g/mol. The maximum Gasteiger partial charge on any atom is 0.339 e. The molecule has 0 unspecified atom stereocenters. The number of carbonyl (C=O) groups excluding carboxylic acids is 2. The van der Waals surface area contributed by atoms with Crippen molar-refractivity contribution in [2.75, 3.05) is 13.2 Å². The summed E-state index contributed by atoms with van der Waals surface area (Å²) in [7, 11) is 0. The van der Waals surface area contributed by atoms with Crippen LogP contribution in [0.2, 0.25) is 0 Å². The molecule has 0 N–H and O–H groups in total. The van der Waals surface area contributed by atoms with Crippen LogP contribution in [-0.4, -0.2) is 39.7 Å². The molecule has 2 aromatic carbocycles. The normalized spacial score (nSPS) is 10.5. The number of nitro benzene ring substituents is 1. The van der Waals surface area contributed by atoms with Gasteiger partial charge in [0.25, 0.3) is 5.69 Å². The lowest BCUT2D eigenvalue weighted by atomic mass is 10.2. The number of hydrogen-bond acceptors (Lipinski definition) is 9. The highest BCUT2D eigenvalue weighted by Crippen LogP contribution is 2.21. The molecule has 0 bridgehead atoms. The molecule has 26 heavy (non-hydrogen) atoms. The lowest BCUT2D eigenvalue weighted by molar-refractivity contribution is -0.384. The van der Waals surface area contributed by atoms with Crippen LogP contribution in [0.4, 0.5) is 5.69 Å². The Morgan fingerprint density at radius 3 is 2.42 bits per heavy atom. The van der Waals surface area contributed by atoms with Crippen LogP contribution in [0.15, 0.2) is 42.5 Å². The van der Waals surface area contributed by atoms with Gasteiger partial charge in [-0.3, -0.25) is 10.1 Å². The lowest BCUT2D eigenvalue weighted by Crippen LogP contribution is -2.14. The summed E-state index contributed by atoms with van der Waals surface area (Å²) in [5.74, 6) is -1.22. The van der Waals surface area contributed by atoms with Crippen molar-refractivity contribution in [3.8, 4) is 0 Å². The van der Waals surface area contributed by atoms with Gasteiger partial charge >= 0.3 is 11.9 Å². The third kappa shape index (κ3) is 3.81. The SMILES string of the molecule is O=C(OCCOC(=O)c1cccc2nnsc12)c1ccc([N+](=O)[O-])cc1. The molecule has 1 heterocycles. The Hall–Kier alpha value is -3.40. The molecule has 0 aliphatic carbocycles. The Kier molecular flexibility index (Phi) is 5.13. The molecular formula is C16H11N3O6S. The van der Waals surface area contributed by atoms with Crippen molar-refractivity contribution in [2.24, 2.45) is 0 Å². The number of benzene rings is 2. The molecule has 0 amide bonds. The number of rotatable bonds is 6. The summed E-state index contributed by atoms with van der Waals surface area (Å²) in [6, 6.07) is 10.0. The smallest absolute Gasteiger partial charge is 0.339 e. The third-order valence-electron chi connectivity index (χ3n) is 3.36. The zero-order valence-electron chi connectivity index (χ0n) is 13.2. The summed E-state index contributed by atoms with van der Waals surface area (Å²) in [5.41, 5.74) is 0.998. The molecule has 10 heteroatoms. The van der Waals surface area contributed by atoms with E-state index in [0.29, 0.717) is 15.8 Å². The average Bonchev–Trinajstić information content (AvgIpc) is 3.13. The number of ether oxygens (including phenoxy) is 2. The number of aromatic nitrogens is 2. The Morgan fingerprint density at radius 2 is 1.73 bits per heavy atom. The monoisotopic (exact) mass is 373 g/mol. The van der Waals surface area contributed by atoms with Crippen LogP contribution < -0.4 is 0 Å². The number of nitrogens with zero attached hydrogens (tertiary/aromatic N) is 3. The number of carbonyl (C=O) groups is 2. The standard InChI is InChI=1S/C16H11N3O6S/c20-15(10-4-6-11(7-5-10)19(22)23)24-8-9-25-16(21)12-2-1-3-13-14(12)26-18-17-13/h1-7H,8-9H2. The second-order valence-corrected chi connectivity index (χ2v) is 5.76. The van der Waals surface area contributed by atoms with Gasteiger partial charge in [0.1, 0.15) is 18.7 Å². The fourth-order valence-corrected chi connectivity index (χ4v) is 2.78. The molecule has 0 aliphatic rings. The van der Waals surface area contributed by atoms with Crippen molar-refractivity contribution in [3.05, 3.63) is 63.7 Å². The summed E-state index contributed by atoms with van der Waals surface area (Å²) in [6.45, 7) is -0.265. The van der Waals surface area contributed by atoms with Gasteiger partial charge < -0.3 is 9.47 Å². The highest BCUT2D eigenvalue weighted by Gasteiger charge is 2.15. The number of esters is 2. The molecule has 0 saturated heterocycles. The topological polar surface area (TPSA) is 122 Å². The zero-order valence-corrected chi connectivity index (χ0v) is 14.0. The van der Waals surface area contributed by atoms with E-state index in [1.165, 1.54) is 24.3 Å². The van der Waals surface area contributed by atoms with Crippen LogP contribution in [0.1, 0.15) is 20.7 Å². The fraction of sp³-hybridized carbons (Fsp3) is 0.125. The van der Waals surface area contributed by atoms with Crippen molar-refractivity contribution in [2.45, 2.75) is 0 Å². The second kappa shape index (κ2) is 7.66. The Labute approximate surface area is 150 Å². The Balaban J connectivity index is 1.50. The minimum absolute atomic E-state index is 0.123. The molecule has 132 valence electrons. The number of fused-ring (bicyclic) bond motifs is 1. The van der Waals surface area contributed by atoms with Gasteiger partial charge in [0.05, 0.1) is 20.8 Å². The Morgan fingerprint density at radius 1 is 1.04 bits per heavy atom. The molecule has 0 spiro atoms. The summed E-state index contributed by atoms with van der Waals surface area (Å²) in [4.78, 5) is 33.9. The van der Waals surface area contributed by atoms with E-state index in [0.717, 1.165) is 11.5 Å². The molecule has 0 atom stereocenters. The van der Waals surface area contributed by atoms with Crippen molar-refractivity contribution < 1.29 is 24.0 Å². The first-order valence-electron chi connectivity index (χ1n) is 7.36. The summed E-state index contributed by atoms with van der Waals surface area (Å²) in [6.07, 6.45) is 0. The molecule has 0 radical (unpaired) electrons. The van der Waals surface area contributed by atoms with Crippen LogP contribution >= 0.6 is 11.5 Å². The van der Waals surface area contributed by atoms with Gasteiger partial charge in [-0.2, -0.15) is 0 Å². The minimum atomic E-state index is -0.662. The molecule has 0 fully saturated rings. The van der Waals surface area contributed by atoms with Crippen LogP contribution in [0.3, 0.4) is 0 Å². The molecule has 0 saturated carbocycles. The van der Waals surface area contributed by atoms with Gasteiger partial charge in [0, 0.05) is 12.1 Å². The maximum atomic E-state index is 12.1. The highest BCUT2D eigenvalue weighted by molar-refractivity contribution is 7.13. The van der Waals surface area contributed by atoms with E-state index in [9.17, 15) is 19.7 Å². The van der Waals surface area contributed by atoms with E-state index in [1.54, 1.807) is 18.2 Å². The first kappa shape index (κ1) is 17.4. The van der Waals surface area contributed by atoms with Gasteiger partial charge in [-0.15, -0.1) is 5.10 Å². The van der Waals surface area contributed by atoms with Crippen LogP contribution in [0, 0.1) is 10.1 Å². The van der Waals surface area contributed by atoms with E-state index in [2.05, 4.69) is 9.59 Å². The van der Waals surface area contributed by atoms with E-state index in [1.807, 2.05) is 0 Å². The first-order valence-corrected chi connectivity index (χ1v) is 8.13. The lowest BCUT2D eigenvalue weighted by Gasteiger charge is -2.07. The molecule has 3 aromatic rings. The largest absolute Gasteiger partial charge is 0.458 e. The van der Waals surface area contributed by atoms with Crippen molar-refractivity contribution in [1.29, 1.82) is 0 Å². The maximum absolute atomic E-state index is 12.1. The van der Waals surface area contributed by atoms with E-state index in [-0.39, 0.29) is 24.5 Å². The van der Waals surface area contributed by atoms with Gasteiger partial charge in [0.15, 0.2) is 0 Å². The van der Waals surface area contributed by atoms with Gasteiger partial charge in [-0.05, 0) is 35.8 Å². The number of nitro groups is 1. The quantitative estimate of drug-likeness (QED) is 0.280. The Bertz CT molecular complexity index is 970. The number of hydrogen-bond donors (Lipinski definition) is 0. The third-order valence-corrected chi connectivity index (χ3v) is 4.13. The second-order valence-electron chi connectivity index (χ2n) is 5.00. The first-order chi connectivity index (χ1) is 12.6. The van der Waals surface area contributed by atoms with Crippen molar-refractivity contribution >= 4 is 39.4 Å². The molecule has 9 nitrogen and oxygen atoms in total. The predicted octanol–water partition coefficient (Wildman–Crippen LogP) is 2.61. The predicted molar refractivity (Wildman–Crippen MR) is 91.1 cm³/mol. The fourth-order valence-electron chi connectivity index (χ4n) is 2.11. The van der Waals surface area contributed by atoms with Gasteiger partial charge in [0.2, 0.25) is 0 Å². The van der Waals surface area contributed by atoms with E-state index < -0.39 is 16.9 Å². The zero-order chi connectivity index (χ0) is 18.5. The van der Waals surface area contributed by atoms with E-state index >= 15 is 0 Å². The summed E-state index contributed by atoms with van der Waals surface area (Å²) >= 11 is 1.09. The van der Waals surface area contributed by atoms with E-state index in [4.69, 9.17) is 9.47 Å².